The Hall–Kier alpha value is -2.67. The maximum atomic E-state index is 12.6. The highest BCUT2D eigenvalue weighted by Crippen LogP contribution is 2.18. The minimum atomic E-state index is -0.379. The Bertz CT molecular complexity index is 871. The maximum absolute atomic E-state index is 12.6. The van der Waals surface area contributed by atoms with E-state index in [1.165, 1.54) is 6.42 Å². The highest BCUT2D eigenvalue weighted by Gasteiger charge is 2.27. The molecule has 2 aromatic rings. The molecule has 1 aromatic carbocycles. The first kappa shape index (κ1) is 22.0. The molecule has 1 fully saturated rings. The van der Waals surface area contributed by atoms with E-state index >= 15 is 0 Å². The second kappa shape index (κ2) is 9.89. The van der Waals surface area contributed by atoms with E-state index in [0.717, 1.165) is 53.2 Å². The summed E-state index contributed by atoms with van der Waals surface area (Å²) in [5.74, 6) is -0.258. The summed E-state index contributed by atoms with van der Waals surface area (Å²) in [6, 6.07) is 9.47. The number of carbonyl (C=O) groups excluding carboxylic acids is 2. The summed E-state index contributed by atoms with van der Waals surface area (Å²) in [7, 11) is 1.97. The number of imide groups is 1. The number of rotatable bonds is 6. The molecule has 0 spiro atoms. The van der Waals surface area contributed by atoms with Crippen molar-refractivity contribution in [2.45, 2.75) is 71.5 Å². The molecule has 1 aliphatic rings. The highest BCUT2D eigenvalue weighted by molar-refractivity contribution is 5.96. The van der Waals surface area contributed by atoms with E-state index < -0.39 is 0 Å². The zero-order valence-electron chi connectivity index (χ0n) is 18.5. The number of aromatic nitrogens is 2. The number of nitrogens with one attached hydrogen (secondary N) is 3. The monoisotopic (exact) mass is 412 g/mol. The van der Waals surface area contributed by atoms with Crippen molar-refractivity contribution in [3.05, 3.63) is 47.3 Å². The molecule has 30 heavy (non-hydrogen) atoms. The van der Waals surface area contributed by atoms with Gasteiger partial charge in [-0.1, -0.05) is 37.5 Å². The summed E-state index contributed by atoms with van der Waals surface area (Å²) in [4.78, 5) is 25.8. The van der Waals surface area contributed by atoms with Gasteiger partial charge in [-0.2, -0.15) is 5.10 Å². The van der Waals surface area contributed by atoms with Gasteiger partial charge in [0, 0.05) is 6.04 Å². The molecule has 0 bridgehead atoms. The van der Waals surface area contributed by atoms with Crippen molar-refractivity contribution in [1.29, 1.82) is 0 Å². The van der Waals surface area contributed by atoms with Gasteiger partial charge in [0.1, 0.15) is 6.54 Å². The van der Waals surface area contributed by atoms with Crippen molar-refractivity contribution in [2.75, 3.05) is 7.05 Å². The summed E-state index contributed by atoms with van der Waals surface area (Å²) in [6.45, 7) is 6.56. The summed E-state index contributed by atoms with van der Waals surface area (Å²) in [5, 5.41) is 10.2. The van der Waals surface area contributed by atoms with Crippen molar-refractivity contribution in [3.8, 4) is 5.69 Å². The van der Waals surface area contributed by atoms with Crippen molar-refractivity contribution < 1.29 is 14.5 Å². The lowest BCUT2D eigenvalue weighted by molar-refractivity contribution is -0.908. The van der Waals surface area contributed by atoms with Crippen LogP contribution in [-0.4, -0.2) is 40.9 Å². The Morgan fingerprint density at radius 3 is 2.50 bits per heavy atom. The lowest BCUT2D eigenvalue weighted by Crippen LogP contribution is -3.12. The minimum Gasteiger partial charge on any atom is -0.335 e. The number of urea groups is 1. The molecule has 0 saturated heterocycles. The van der Waals surface area contributed by atoms with Crippen molar-refractivity contribution >= 4 is 11.9 Å². The number of para-hydroxylation sites is 1. The highest BCUT2D eigenvalue weighted by atomic mass is 16.2. The van der Waals surface area contributed by atoms with Crippen molar-refractivity contribution in [3.63, 3.8) is 0 Å². The SMILES string of the molecule is Cc1nn(-c2ccccc2)c(C)c1C[NH+](C)[C@H](C)C(=O)NC(=O)NC1CCCCC1. The number of nitrogens with zero attached hydrogens (tertiary/aromatic N) is 2. The topological polar surface area (TPSA) is 80.5 Å². The summed E-state index contributed by atoms with van der Waals surface area (Å²) in [5.41, 5.74) is 4.17. The van der Waals surface area contributed by atoms with Crippen LogP contribution in [0.3, 0.4) is 0 Å². The Morgan fingerprint density at radius 2 is 1.83 bits per heavy atom. The Labute approximate surface area is 178 Å². The molecule has 3 rings (SSSR count). The number of quaternary nitrogens is 1. The fourth-order valence-corrected chi connectivity index (χ4v) is 4.10. The molecule has 0 aliphatic heterocycles. The van der Waals surface area contributed by atoms with Gasteiger partial charge in [-0.25, -0.2) is 9.48 Å². The van der Waals surface area contributed by atoms with Gasteiger partial charge in [-0.15, -0.1) is 0 Å². The van der Waals surface area contributed by atoms with Crippen LogP contribution in [-0.2, 0) is 11.3 Å². The molecular weight excluding hydrogens is 378 g/mol. The third-order valence-corrected chi connectivity index (χ3v) is 6.21. The fourth-order valence-electron chi connectivity index (χ4n) is 4.10. The molecule has 7 heteroatoms. The van der Waals surface area contributed by atoms with Gasteiger partial charge in [-0.05, 0) is 45.7 Å². The van der Waals surface area contributed by atoms with Crippen LogP contribution in [0.1, 0.15) is 56.0 Å². The average Bonchev–Trinajstić information content (AvgIpc) is 3.02. The Kier molecular flexibility index (Phi) is 7.26. The smallest absolute Gasteiger partial charge is 0.321 e. The van der Waals surface area contributed by atoms with Crippen LogP contribution in [0.15, 0.2) is 30.3 Å². The van der Waals surface area contributed by atoms with E-state index in [-0.39, 0.29) is 24.0 Å². The van der Waals surface area contributed by atoms with Crippen LogP contribution in [0.25, 0.3) is 5.69 Å². The van der Waals surface area contributed by atoms with Gasteiger partial charge >= 0.3 is 6.03 Å². The third-order valence-electron chi connectivity index (χ3n) is 6.21. The number of likely N-dealkylation sites (N-methyl/N-ethyl adjacent to an activating group) is 1. The minimum absolute atomic E-state index is 0.182. The molecule has 3 amide bonds. The van der Waals surface area contributed by atoms with E-state index in [1.807, 2.05) is 55.9 Å². The van der Waals surface area contributed by atoms with Crippen LogP contribution in [0.5, 0.6) is 0 Å². The summed E-state index contributed by atoms with van der Waals surface area (Å²) < 4.78 is 1.94. The molecule has 1 aliphatic carbocycles. The van der Waals surface area contributed by atoms with Gasteiger partial charge in [0.2, 0.25) is 0 Å². The number of benzene rings is 1. The Balaban J connectivity index is 1.59. The van der Waals surface area contributed by atoms with E-state index in [9.17, 15) is 9.59 Å². The quantitative estimate of drug-likeness (QED) is 0.679. The maximum Gasteiger partial charge on any atom is 0.321 e. The van der Waals surface area contributed by atoms with Gasteiger partial charge in [0.25, 0.3) is 5.91 Å². The van der Waals surface area contributed by atoms with Crippen molar-refractivity contribution in [1.82, 2.24) is 20.4 Å². The first-order valence-electron chi connectivity index (χ1n) is 10.9. The zero-order chi connectivity index (χ0) is 21.7. The molecule has 1 heterocycles. The van der Waals surface area contributed by atoms with Gasteiger partial charge in [0.15, 0.2) is 6.04 Å². The summed E-state index contributed by atoms with van der Waals surface area (Å²) in [6.07, 6.45) is 5.48. The standard InChI is InChI=1S/C23H33N5O2/c1-16-21(17(2)28(26-16)20-13-9-6-10-14-20)15-27(4)18(3)22(29)25-23(30)24-19-11-7-5-8-12-19/h6,9-10,13-14,18-19H,5,7-8,11-12,15H2,1-4H3,(H2,24,25,29,30)/p+1/t18-/m1/s1. The zero-order valence-corrected chi connectivity index (χ0v) is 18.5. The number of aryl methyl sites for hydroxylation is 1. The second-order valence-electron chi connectivity index (χ2n) is 8.44. The predicted octanol–water partition coefficient (Wildman–Crippen LogP) is 2.05. The molecule has 1 unspecified atom stereocenters. The van der Waals surface area contributed by atoms with E-state index in [0.29, 0.717) is 6.54 Å². The van der Waals surface area contributed by atoms with Crippen molar-refractivity contribution in [2.24, 2.45) is 0 Å². The molecule has 7 nitrogen and oxygen atoms in total. The predicted molar refractivity (Wildman–Crippen MR) is 117 cm³/mol. The molecule has 1 saturated carbocycles. The second-order valence-corrected chi connectivity index (χ2v) is 8.44. The normalized spacial score (nSPS) is 16.7. The number of carbonyl (C=O) groups is 2. The molecule has 0 radical (unpaired) electrons. The number of hydrogen-bond donors (Lipinski definition) is 3. The molecule has 3 N–H and O–H groups in total. The van der Waals surface area contributed by atoms with Crippen LogP contribution in [0.2, 0.25) is 0 Å². The van der Waals surface area contributed by atoms with E-state index in [1.54, 1.807) is 0 Å². The molecule has 2 atom stereocenters. The first-order valence-corrected chi connectivity index (χ1v) is 10.9. The molecular formula is C23H34N5O2+. The lowest BCUT2D eigenvalue weighted by atomic mass is 9.96. The first-order chi connectivity index (χ1) is 14.4. The lowest BCUT2D eigenvalue weighted by Gasteiger charge is -2.24. The van der Waals surface area contributed by atoms with Crippen LogP contribution >= 0.6 is 0 Å². The van der Waals surface area contributed by atoms with Gasteiger partial charge in [-0.3, -0.25) is 10.1 Å². The largest absolute Gasteiger partial charge is 0.335 e. The summed E-state index contributed by atoms with van der Waals surface area (Å²) >= 11 is 0. The van der Waals surface area contributed by atoms with Gasteiger partial charge < -0.3 is 10.2 Å². The van der Waals surface area contributed by atoms with E-state index in [4.69, 9.17) is 0 Å². The van der Waals surface area contributed by atoms with Crippen LogP contribution < -0.4 is 15.5 Å². The van der Waals surface area contributed by atoms with Crippen LogP contribution in [0, 0.1) is 13.8 Å². The average molecular weight is 413 g/mol. The number of hydrogen-bond acceptors (Lipinski definition) is 3. The third kappa shape index (κ3) is 5.27. The molecule has 1 aromatic heterocycles. The van der Waals surface area contributed by atoms with Gasteiger partial charge in [0.05, 0.1) is 29.7 Å². The van der Waals surface area contributed by atoms with Crippen LogP contribution in [0.4, 0.5) is 4.79 Å². The molecule has 162 valence electrons. The van der Waals surface area contributed by atoms with E-state index in [2.05, 4.69) is 22.7 Å². The fraction of sp³-hybridized carbons (Fsp3) is 0.522. The Morgan fingerprint density at radius 1 is 1.17 bits per heavy atom. The number of amides is 3.